The van der Waals surface area contributed by atoms with Crippen molar-refractivity contribution < 1.29 is 9.59 Å². The van der Waals surface area contributed by atoms with Crippen molar-refractivity contribution in [2.24, 2.45) is 7.05 Å². The second-order valence-electron chi connectivity index (χ2n) is 4.36. The van der Waals surface area contributed by atoms with Crippen molar-refractivity contribution in [1.29, 1.82) is 0 Å². The summed E-state index contributed by atoms with van der Waals surface area (Å²) >= 11 is 4.52. The van der Waals surface area contributed by atoms with Gasteiger partial charge < -0.3 is 4.57 Å². The Kier molecular flexibility index (Phi) is 5.56. The van der Waals surface area contributed by atoms with Gasteiger partial charge in [-0.05, 0) is 35.0 Å². The fraction of sp³-hybridized carbons (Fsp3) is 0.231. The molecule has 2 aromatic rings. The van der Waals surface area contributed by atoms with Crippen LogP contribution in [0.4, 0.5) is 0 Å². The van der Waals surface area contributed by atoms with Gasteiger partial charge in [0, 0.05) is 11.5 Å². The highest BCUT2D eigenvalue weighted by Gasteiger charge is 2.12. The lowest BCUT2D eigenvalue weighted by Crippen LogP contribution is -2.42. The topological polar surface area (TPSA) is 88.9 Å². The third-order valence-corrected chi connectivity index (χ3v) is 4.53. The van der Waals surface area contributed by atoms with Crippen molar-refractivity contribution in [3.05, 3.63) is 40.1 Å². The summed E-state index contributed by atoms with van der Waals surface area (Å²) in [6.45, 7) is 1.83. The number of nitrogens with zero attached hydrogens (tertiary/aromatic N) is 3. The van der Waals surface area contributed by atoms with Gasteiger partial charge in [-0.3, -0.25) is 20.4 Å². The van der Waals surface area contributed by atoms with Gasteiger partial charge in [-0.25, -0.2) is 0 Å². The number of benzene rings is 1. The summed E-state index contributed by atoms with van der Waals surface area (Å²) in [5.74, 6) is 0.180. The fourth-order valence-corrected chi connectivity index (χ4v) is 2.74. The average Bonchev–Trinajstić information content (AvgIpc) is 2.82. The van der Waals surface area contributed by atoms with Crippen LogP contribution in [0.5, 0.6) is 0 Å². The van der Waals surface area contributed by atoms with E-state index in [9.17, 15) is 9.59 Å². The van der Waals surface area contributed by atoms with Crippen LogP contribution in [0, 0.1) is 6.92 Å². The summed E-state index contributed by atoms with van der Waals surface area (Å²) in [5.41, 5.74) is 5.18. The molecule has 22 heavy (non-hydrogen) atoms. The van der Waals surface area contributed by atoms with Gasteiger partial charge in [-0.2, -0.15) is 0 Å². The van der Waals surface area contributed by atoms with E-state index in [4.69, 9.17) is 0 Å². The van der Waals surface area contributed by atoms with Crippen molar-refractivity contribution in [2.75, 3.05) is 5.75 Å². The molecule has 9 heteroatoms. The van der Waals surface area contributed by atoms with Crippen molar-refractivity contribution >= 4 is 39.5 Å². The minimum Gasteiger partial charge on any atom is -0.309 e. The average molecular weight is 384 g/mol. The molecule has 1 aromatic heterocycles. The molecule has 1 aromatic carbocycles. The van der Waals surface area contributed by atoms with Crippen molar-refractivity contribution in [3.8, 4) is 0 Å². The number of carbonyl (C=O) groups excluding carboxylic acids is 2. The lowest BCUT2D eigenvalue weighted by molar-refractivity contribution is -0.119. The quantitative estimate of drug-likeness (QED) is 0.615. The number of nitrogens with one attached hydrogen (secondary N) is 2. The second kappa shape index (κ2) is 7.41. The van der Waals surface area contributed by atoms with E-state index in [1.165, 1.54) is 11.8 Å². The van der Waals surface area contributed by atoms with Crippen molar-refractivity contribution in [3.63, 3.8) is 0 Å². The van der Waals surface area contributed by atoms with Crippen LogP contribution in [-0.4, -0.2) is 32.3 Å². The fourth-order valence-electron chi connectivity index (χ4n) is 1.52. The number of thioether (sulfide) groups is 1. The zero-order chi connectivity index (χ0) is 16.1. The van der Waals surface area contributed by atoms with Gasteiger partial charge in [0.1, 0.15) is 5.82 Å². The van der Waals surface area contributed by atoms with Crippen molar-refractivity contribution in [1.82, 2.24) is 25.6 Å². The molecule has 7 nitrogen and oxygen atoms in total. The second-order valence-corrected chi connectivity index (χ2v) is 6.16. The molecule has 0 aliphatic rings. The molecule has 2 N–H and O–H groups in total. The van der Waals surface area contributed by atoms with E-state index >= 15 is 0 Å². The zero-order valence-corrected chi connectivity index (χ0v) is 14.4. The lowest BCUT2D eigenvalue weighted by Gasteiger charge is -2.08. The molecule has 0 fully saturated rings. The molecule has 0 bridgehead atoms. The summed E-state index contributed by atoms with van der Waals surface area (Å²) < 4.78 is 2.45. The van der Waals surface area contributed by atoms with E-state index in [0.717, 1.165) is 5.82 Å². The molecule has 0 unspecified atom stereocenters. The number of amides is 2. The number of rotatable bonds is 4. The highest BCUT2D eigenvalue weighted by molar-refractivity contribution is 9.10. The van der Waals surface area contributed by atoms with Crippen LogP contribution < -0.4 is 10.9 Å². The number of hydrogen-bond donors (Lipinski definition) is 2. The molecule has 0 saturated carbocycles. The number of halogens is 1. The Morgan fingerprint density at radius 3 is 2.64 bits per heavy atom. The van der Waals surface area contributed by atoms with Gasteiger partial charge in [-0.1, -0.05) is 23.9 Å². The molecule has 0 saturated heterocycles. The summed E-state index contributed by atoms with van der Waals surface area (Å²) in [6.07, 6.45) is 0. The third kappa shape index (κ3) is 4.08. The maximum atomic E-state index is 11.9. The summed E-state index contributed by atoms with van der Waals surface area (Å²) in [7, 11) is 1.82. The first-order valence-corrected chi connectivity index (χ1v) is 8.09. The molecule has 116 valence electrons. The number of hydrazine groups is 1. The van der Waals surface area contributed by atoms with Crippen LogP contribution in [-0.2, 0) is 11.8 Å². The lowest BCUT2D eigenvalue weighted by atomic mass is 10.2. The molecule has 0 radical (unpaired) electrons. The van der Waals surface area contributed by atoms with Gasteiger partial charge >= 0.3 is 0 Å². The summed E-state index contributed by atoms with van der Waals surface area (Å²) in [5, 5.41) is 8.49. The molecule has 2 rings (SSSR count). The monoisotopic (exact) mass is 383 g/mol. The van der Waals surface area contributed by atoms with E-state index in [0.29, 0.717) is 15.2 Å². The molecular formula is C13H14BrN5O2S. The Morgan fingerprint density at radius 1 is 1.27 bits per heavy atom. The van der Waals surface area contributed by atoms with E-state index < -0.39 is 0 Å². The van der Waals surface area contributed by atoms with Gasteiger partial charge in [0.05, 0.1) is 11.3 Å². The number of aryl methyl sites for hydroxylation is 1. The van der Waals surface area contributed by atoms with E-state index in [-0.39, 0.29) is 17.6 Å². The number of hydrogen-bond acceptors (Lipinski definition) is 5. The van der Waals surface area contributed by atoms with E-state index in [2.05, 4.69) is 37.0 Å². The maximum absolute atomic E-state index is 11.9. The SMILES string of the molecule is Cc1nnc(SCC(=O)NNC(=O)c2ccccc2Br)n1C. The van der Waals surface area contributed by atoms with Crippen molar-refractivity contribution in [2.45, 2.75) is 12.1 Å². The molecule has 1 heterocycles. The number of carbonyl (C=O) groups is 2. The minimum atomic E-state index is -0.389. The summed E-state index contributed by atoms with van der Waals surface area (Å²) in [4.78, 5) is 23.7. The molecular weight excluding hydrogens is 370 g/mol. The molecule has 0 aliphatic heterocycles. The molecule has 0 spiro atoms. The normalized spacial score (nSPS) is 10.3. The third-order valence-electron chi connectivity index (χ3n) is 2.82. The maximum Gasteiger partial charge on any atom is 0.270 e. The van der Waals surface area contributed by atoms with Gasteiger partial charge in [-0.15, -0.1) is 10.2 Å². The van der Waals surface area contributed by atoms with E-state index in [1.807, 2.05) is 14.0 Å². The van der Waals surface area contributed by atoms with Crippen LogP contribution in [0.1, 0.15) is 16.2 Å². The Balaban J connectivity index is 1.82. The van der Waals surface area contributed by atoms with Gasteiger partial charge in [0.15, 0.2) is 5.16 Å². The molecule has 2 amide bonds. The van der Waals surface area contributed by atoms with Crippen LogP contribution in [0.2, 0.25) is 0 Å². The first-order chi connectivity index (χ1) is 10.5. The Labute approximate surface area is 140 Å². The predicted octanol–water partition coefficient (Wildman–Crippen LogP) is 1.44. The molecule has 0 aliphatic carbocycles. The number of aromatic nitrogens is 3. The van der Waals surface area contributed by atoms with Crippen LogP contribution in [0.15, 0.2) is 33.9 Å². The van der Waals surface area contributed by atoms with Crippen LogP contribution in [0.25, 0.3) is 0 Å². The first-order valence-electron chi connectivity index (χ1n) is 6.31. The Bertz CT molecular complexity index is 703. The van der Waals surface area contributed by atoms with Gasteiger partial charge in [0.2, 0.25) is 5.91 Å². The highest BCUT2D eigenvalue weighted by atomic mass is 79.9. The Hall–Kier alpha value is -1.87. The Morgan fingerprint density at radius 2 is 2.00 bits per heavy atom. The minimum absolute atomic E-state index is 0.127. The largest absolute Gasteiger partial charge is 0.309 e. The zero-order valence-electron chi connectivity index (χ0n) is 12.0. The smallest absolute Gasteiger partial charge is 0.270 e. The predicted molar refractivity (Wildman–Crippen MR) is 86.2 cm³/mol. The van der Waals surface area contributed by atoms with E-state index in [1.54, 1.807) is 28.8 Å². The van der Waals surface area contributed by atoms with Crippen LogP contribution >= 0.6 is 27.7 Å². The van der Waals surface area contributed by atoms with Gasteiger partial charge in [0.25, 0.3) is 5.91 Å². The highest BCUT2D eigenvalue weighted by Crippen LogP contribution is 2.16. The summed E-state index contributed by atoms with van der Waals surface area (Å²) in [6, 6.07) is 6.96. The van der Waals surface area contributed by atoms with Crippen LogP contribution in [0.3, 0.4) is 0 Å². The molecule has 0 atom stereocenters. The first kappa shape index (κ1) is 16.5. The standard InChI is InChI=1S/C13H14BrN5O2S/c1-8-15-18-13(19(8)2)22-7-11(20)16-17-12(21)9-5-3-4-6-10(9)14/h3-6H,7H2,1-2H3,(H,16,20)(H,17,21).